The SMILES string of the molecule is CCNC(=O)c1ccc(CN([C@H]2CCCC[C@@H]2C(N)=O)S(=O)(=O)c2ccc(Cl)cc2)cc1. The number of halogens is 1. The van der Waals surface area contributed by atoms with Gasteiger partial charge in [-0.25, -0.2) is 8.42 Å². The minimum absolute atomic E-state index is 0.0646. The summed E-state index contributed by atoms with van der Waals surface area (Å²) in [6.45, 7) is 2.42. The second kappa shape index (κ2) is 10.5. The van der Waals surface area contributed by atoms with Gasteiger partial charge >= 0.3 is 0 Å². The fourth-order valence-electron chi connectivity index (χ4n) is 4.11. The highest BCUT2D eigenvalue weighted by atomic mass is 35.5. The van der Waals surface area contributed by atoms with E-state index in [4.69, 9.17) is 17.3 Å². The van der Waals surface area contributed by atoms with Gasteiger partial charge in [0, 0.05) is 29.7 Å². The average molecular weight is 478 g/mol. The molecule has 1 fully saturated rings. The lowest BCUT2D eigenvalue weighted by Gasteiger charge is -2.38. The molecule has 172 valence electrons. The monoisotopic (exact) mass is 477 g/mol. The van der Waals surface area contributed by atoms with E-state index in [1.807, 2.05) is 6.92 Å². The van der Waals surface area contributed by atoms with Crippen LogP contribution in [-0.2, 0) is 21.4 Å². The largest absolute Gasteiger partial charge is 0.369 e. The third-order valence-corrected chi connectivity index (χ3v) is 7.91. The van der Waals surface area contributed by atoms with Gasteiger partial charge in [0.15, 0.2) is 0 Å². The Balaban J connectivity index is 1.97. The van der Waals surface area contributed by atoms with Crippen molar-refractivity contribution >= 4 is 33.4 Å². The van der Waals surface area contributed by atoms with Gasteiger partial charge in [0.25, 0.3) is 5.91 Å². The Kier molecular flexibility index (Phi) is 7.92. The Hall–Kier alpha value is -2.42. The number of hydrogen-bond acceptors (Lipinski definition) is 4. The molecular weight excluding hydrogens is 450 g/mol. The maximum absolute atomic E-state index is 13.6. The molecule has 1 aliphatic rings. The zero-order chi connectivity index (χ0) is 23.3. The minimum Gasteiger partial charge on any atom is -0.369 e. The van der Waals surface area contributed by atoms with E-state index < -0.39 is 27.9 Å². The number of carbonyl (C=O) groups is 2. The van der Waals surface area contributed by atoms with Gasteiger partial charge in [0.1, 0.15) is 0 Å². The molecule has 0 bridgehead atoms. The molecule has 0 spiro atoms. The Morgan fingerprint density at radius 1 is 1.06 bits per heavy atom. The third-order valence-electron chi connectivity index (χ3n) is 5.78. The number of hydrogen-bond donors (Lipinski definition) is 2. The predicted octanol–water partition coefficient (Wildman–Crippen LogP) is 3.32. The zero-order valence-corrected chi connectivity index (χ0v) is 19.5. The summed E-state index contributed by atoms with van der Waals surface area (Å²) in [5.74, 6) is -1.23. The van der Waals surface area contributed by atoms with E-state index in [1.165, 1.54) is 28.6 Å². The van der Waals surface area contributed by atoms with Crippen molar-refractivity contribution in [2.24, 2.45) is 11.7 Å². The summed E-state index contributed by atoms with van der Waals surface area (Å²) in [4.78, 5) is 24.3. The molecule has 0 aliphatic heterocycles. The number of benzene rings is 2. The van der Waals surface area contributed by atoms with Gasteiger partial charge in [-0.05, 0) is 61.7 Å². The van der Waals surface area contributed by atoms with E-state index in [9.17, 15) is 18.0 Å². The minimum atomic E-state index is -3.93. The number of sulfonamides is 1. The average Bonchev–Trinajstić information content (AvgIpc) is 2.78. The summed E-state index contributed by atoms with van der Waals surface area (Å²) in [5, 5.41) is 3.17. The molecule has 2 amide bonds. The summed E-state index contributed by atoms with van der Waals surface area (Å²) in [5.41, 5.74) is 6.86. The molecule has 0 aromatic heterocycles. The summed E-state index contributed by atoms with van der Waals surface area (Å²) in [6, 6.07) is 12.2. The van der Waals surface area contributed by atoms with Crippen molar-refractivity contribution in [3.8, 4) is 0 Å². The zero-order valence-electron chi connectivity index (χ0n) is 18.0. The van der Waals surface area contributed by atoms with E-state index in [0.29, 0.717) is 35.5 Å². The van der Waals surface area contributed by atoms with Gasteiger partial charge in [-0.2, -0.15) is 4.31 Å². The molecule has 2 aromatic rings. The van der Waals surface area contributed by atoms with Gasteiger partial charge in [0.2, 0.25) is 15.9 Å². The van der Waals surface area contributed by atoms with Crippen LogP contribution in [0.1, 0.15) is 48.5 Å². The first kappa shape index (κ1) is 24.2. The smallest absolute Gasteiger partial charge is 0.251 e. The second-order valence-corrected chi connectivity index (χ2v) is 10.2. The first-order chi connectivity index (χ1) is 15.2. The van der Waals surface area contributed by atoms with Gasteiger partial charge in [-0.3, -0.25) is 9.59 Å². The molecular formula is C23H28ClN3O4S. The van der Waals surface area contributed by atoms with Crippen LogP contribution in [0, 0.1) is 5.92 Å². The standard InChI is InChI=1S/C23H28ClN3O4S/c1-2-26-23(29)17-9-7-16(8-10-17)15-27(21-6-4-3-5-20(21)22(25)28)32(30,31)19-13-11-18(24)12-14-19/h7-14,20-21H,2-6,15H2,1H3,(H2,25,28)(H,26,29)/t20-,21-/m0/s1. The lowest BCUT2D eigenvalue weighted by Crippen LogP contribution is -2.49. The number of primary amides is 1. The lowest BCUT2D eigenvalue weighted by atomic mass is 9.84. The Morgan fingerprint density at radius 2 is 1.69 bits per heavy atom. The van der Waals surface area contributed by atoms with Crippen LogP contribution >= 0.6 is 11.6 Å². The summed E-state index contributed by atoms with van der Waals surface area (Å²) >= 11 is 5.95. The van der Waals surface area contributed by atoms with Gasteiger partial charge < -0.3 is 11.1 Å². The van der Waals surface area contributed by atoms with Crippen molar-refractivity contribution in [1.29, 1.82) is 0 Å². The Morgan fingerprint density at radius 3 is 2.28 bits per heavy atom. The van der Waals surface area contributed by atoms with Crippen molar-refractivity contribution < 1.29 is 18.0 Å². The number of amides is 2. The van der Waals surface area contributed by atoms with E-state index in [2.05, 4.69) is 5.32 Å². The van der Waals surface area contributed by atoms with E-state index >= 15 is 0 Å². The first-order valence-corrected chi connectivity index (χ1v) is 12.5. The van der Waals surface area contributed by atoms with Crippen LogP contribution in [-0.4, -0.2) is 37.1 Å². The van der Waals surface area contributed by atoms with Crippen LogP contribution < -0.4 is 11.1 Å². The van der Waals surface area contributed by atoms with Crippen molar-refractivity contribution in [1.82, 2.24) is 9.62 Å². The molecule has 1 saturated carbocycles. The van der Waals surface area contributed by atoms with E-state index in [0.717, 1.165) is 12.8 Å². The molecule has 0 radical (unpaired) electrons. The maximum atomic E-state index is 13.6. The molecule has 0 saturated heterocycles. The van der Waals surface area contributed by atoms with Crippen LogP contribution in [0.25, 0.3) is 0 Å². The number of nitrogens with one attached hydrogen (secondary N) is 1. The fraction of sp³-hybridized carbons (Fsp3) is 0.391. The van der Waals surface area contributed by atoms with E-state index in [-0.39, 0.29) is 17.3 Å². The van der Waals surface area contributed by atoms with Crippen LogP contribution in [0.15, 0.2) is 53.4 Å². The highest BCUT2D eigenvalue weighted by Crippen LogP contribution is 2.33. The quantitative estimate of drug-likeness (QED) is 0.607. The highest BCUT2D eigenvalue weighted by molar-refractivity contribution is 7.89. The second-order valence-electron chi connectivity index (χ2n) is 7.92. The number of nitrogens with zero attached hydrogens (tertiary/aromatic N) is 1. The molecule has 0 unspecified atom stereocenters. The lowest BCUT2D eigenvalue weighted by molar-refractivity contribution is -0.124. The fourth-order valence-corrected chi connectivity index (χ4v) is 5.92. The summed E-state index contributed by atoms with van der Waals surface area (Å²) in [7, 11) is -3.93. The van der Waals surface area contributed by atoms with Crippen molar-refractivity contribution in [2.45, 2.75) is 50.1 Å². The van der Waals surface area contributed by atoms with Crippen LogP contribution in [0.5, 0.6) is 0 Å². The summed E-state index contributed by atoms with van der Waals surface area (Å²) < 4.78 is 28.7. The molecule has 3 rings (SSSR count). The molecule has 32 heavy (non-hydrogen) atoms. The normalized spacial score (nSPS) is 19.0. The van der Waals surface area contributed by atoms with Gasteiger partial charge in [0.05, 0.1) is 10.8 Å². The first-order valence-electron chi connectivity index (χ1n) is 10.7. The molecule has 3 N–H and O–H groups in total. The van der Waals surface area contributed by atoms with Crippen molar-refractivity contribution in [3.05, 3.63) is 64.7 Å². The predicted molar refractivity (Wildman–Crippen MR) is 124 cm³/mol. The number of nitrogens with two attached hydrogens (primary N) is 1. The van der Waals surface area contributed by atoms with Crippen molar-refractivity contribution in [3.63, 3.8) is 0 Å². The number of carbonyl (C=O) groups excluding carboxylic acids is 2. The molecule has 7 nitrogen and oxygen atoms in total. The Bertz CT molecular complexity index is 1060. The summed E-state index contributed by atoms with van der Waals surface area (Å²) in [6.07, 6.45) is 2.76. The molecule has 9 heteroatoms. The van der Waals surface area contributed by atoms with Crippen LogP contribution in [0.4, 0.5) is 0 Å². The highest BCUT2D eigenvalue weighted by Gasteiger charge is 2.40. The van der Waals surface area contributed by atoms with Crippen LogP contribution in [0.2, 0.25) is 5.02 Å². The maximum Gasteiger partial charge on any atom is 0.251 e. The van der Waals surface area contributed by atoms with E-state index in [1.54, 1.807) is 24.3 Å². The van der Waals surface area contributed by atoms with Crippen LogP contribution in [0.3, 0.4) is 0 Å². The van der Waals surface area contributed by atoms with Gasteiger partial charge in [-0.15, -0.1) is 0 Å². The number of rotatable bonds is 8. The molecule has 2 atom stereocenters. The molecule has 0 heterocycles. The Labute approximate surface area is 194 Å². The van der Waals surface area contributed by atoms with Crippen molar-refractivity contribution in [2.75, 3.05) is 6.54 Å². The third kappa shape index (κ3) is 5.49. The van der Waals surface area contributed by atoms with Gasteiger partial charge in [-0.1, -0.05) is 36.6 Å². The topological polar surface area (TPSA) is 110 Å². The molecule has 2 aromatic carbocycles. The molecule has 1 aliphatic carbocycles.